The standard InChI is InChI=1S/C20H23FN4O5/c1-12(26)3-4-23-5-7-24(8-6-23)17-15(21)9-13-16-19(17)30-11-22(2)25(16)10-14(18(13)27)20(28)29/h9-10H,3-8,11H2,1-2H3,(H,28,29). The Morgan fingerprint density at radius 1 is 1.23 bits per heavy atom. The molecule has 0 amide bonds. The van der Waals surface area contributed by atoms with Crippen molar-refractivity contribution in [2.45, 2.75) is 13.3 Å². The number of carboxylic acids is 1. The Bertz CT molecular complexity index is 1090. The Labute approximate surface area is 171 Å². The van der Waals surface area contributed by atoms with Crippen LogP contribution in [-0.4, -0.2) is 72.9 Å². The number of ether oxygens (including phenoxy) is 1. The van der Waals surface area contributed by atoms with Gasteiger partial charge in [0.15, 0.2) is 18.3 Å². The first kappa shape index (κ1) is 20.1. The molecule has 1 aromatic carbocycles. The smallest absolute Gasteiger partial charge is 0.341 e. The number of nitrogens with zero attached hydrogens (tertiary/aromatic N) is 4. The molecule has 2 aliphatic rings. The zero-order valence-corrected chi connectivity index (χ0v) is 16.9. The van der Waals surface area contributed by atoms with Crippen LogP contribution in [0.3, 0.4) is 0 Å². The van der Waals surface area contributed by atoms with Crippen LogP contribution < -0.4 is 20.1 Å². The van der Waals surface area contributed by atoms with Crippen molar-refractivity contribution in [3.63, 3.8) is 0 Å². The van der Waals surface area contributed by atoms with E-state index < -0.39 is 22.8 Å². The summed E-state index contributed by atoms with van der Waals surface area (Å²) in [4.78, 5) is 39.4. The summed E-state index contributed by atoms with van der Waals surface area (Å²) >= 11 is 0. The first-order valence-electron chi connectivity index (χ1n) is 9.74. The zero-order valence-electron chi connectivity index (χ0n) is 16.9. The van der Waals surface area contributed by atoms with E-state index in [1.54, 1.807) is 19.0 Å². The monoisotopic (exact) mass is 418 g/mol. The SMILES string of the molecule is CC(=O)CCN1CCN(c2c(F)cc3c(=O)c(C(=O)O)cn4c3c2OCN4C)CC1. The van der Waals surface area contributed by atoms with Crippen molar-refractivity contribution in [3.8, 4) is 5.75 Å². The van der Waals surface area contributed by atoms with Crippen LogP contribution in [-0.2, 0) is 4.79 Å². The molecular formula is C20H23FN4O5. The fraction of sp³-hybridized carbons (Fsp3) is 0.450. The summed E-state index contributed by atoms with van der Waals surface area (Å²) in [5.41, 5.74) is -0.533. The molecule has 2 aromatic rings. The van der Waals surface area contributed by atoms with Gasteiger partial charge >= 0.3 is 5.97 Å². The third kappa shape index (κ3) is 3.36. The number of hydrogen-bond donors (Lipinski definition) is 1. The lowest BCUT2D eigenvalue weighted by Gasteiger charge is -2.38. The van der Waals surface area contributed by atoms with Crippen LogP contribution >= 0.6 is 0 Å². The van der Waals surface area contributed by atoms with Crippen LogP contribution in [0.15, 0.2) is 17.1 Å². The van der Waals surface area contributed by atoms with Crippen LogP contribution in [0.2, 0.25) is 0 Å². The van der Waals surface area contributed by atoms with Gasteiger partial charge in [0.2, 0.25) is 5.43 Å². The number of aromatic nitrogens is 1. The van der Waals surface area contributed by atoms with E-state index in [0.29, 0.717) is 44.7 Å². The second-order valence-corrected chi connectivity index (χ2v) is 7.67. The van der Waals surface area contributed by atoms with Gasteiger partial charge in [-0.2, -0.15) is 0 Å². The predicted octanol–water partition coefficient (Wildman–Crippen LogP) is 0.858. The molecule has 0 unspecified atom stereocenters. The number of benzene rings is 1. The fourth-order valence-corrected chi connectivity index (χ4v) is 3.98. The minimum Gasteiger partial charge on any atom is -0.477 e. The lowest BCUT2D eigenvalue weighted by atomic mass is 10.1. The highest BCUT2D eigenvalue weighted by Crippen LogP contribution is 2.40. The number of carboxylic acid groups (broad SMARTS) is 1. The second-order valence-electron chi connectivity index (χ2n) is 7.67. The van der Waals surface area contributed by atoms with E-state index in [1.807, 2.05) is 4.90 Å². The van der Waals surface area contributed by atoms with Crippen molar-refractivity contribution < 1.29 is 23.8 Å². The number of hydrogen-bond acceptors (Lipinski definition) is 7. The number of piperazine rings is 1. The molecule has 1 saturated heterocycles. The molecule has 0 radical (unpaired) electrons. The number of ketones is 1. The van der Waals surface area contributed by atoms with Gasteiger partial charge < -0.3 is 14.7 Å². The Balaban J connectivity index is 1.76. The summed E-state index contributed by atoms with van der Waals surface area (Å²) in [5.74, 6) is -1.60. The van der Waals surface area contributed by atoms with E-state index in [2.05, 4.69) is 4.90 Å². The van der Waals surface area contributed by atoms with E-state index >= 15 is 4.39 Å². The molecule has 2 aliphatic heterocycles. The molecule has 3 heterocycles. The molecule has 0 spiro atoms. The van der Waals surface area contributed by atoms with Gasteiger partial charge in [-0.25, -0.2) is 9.18 Å². The molecule has 1 fully saturated rings. The van der Waals surface area contributed by atoms with Gasteiger partial charge in [-0.1, -0.05) is 0 Å². The quantitative estimate of drug-likeness (QED) is 0.764. The number of rotatable bonds is 5. The van der Waals surface area contributed by atoms with Crippen molar-refractivity contribution >= 4 is 28.3 Å². The van der Waals surface area contributed by atoms with Gasteiger partial charge in [-0.3, -0.25) is 24.2 Å². The summed E-state index contributed by atoms with van der Waals surface area (Å²) < 4.78 is 22.5. The van der Waals surface area contributed by atoms with E-state index in [4.69, 9.17) is 4.74 Å². The lowest BCUT2D eigenvalue weighted by Crippen LogP contribution is -2.47. The summed E-state index contributed by atoms with van der Waals surface area (Å²) in [7, 11) is 1.69. The Morgan fingerprint density at radius 3 is 2.57 bits per heavy atom. The minimum absolute atomic E-state index is 0.0298. The predicted molar refractivity (Wildman–Crippen MR) is 109 cm³/mol. The van der Waals surface area contributed by atoms with E-state index in [1.165, 1.54) is 10.9 Å². The first-order valence-corrected chi connectivity index (χ1v) is 9.74. The molecule has 0 saturated carbocycles. The molecule has 0 atom stereocenters. The van der Waals surface area contributed by atoms with E-state index in [9.17, 15) is 19.5 Å². The third-order valence-electron chi connectivity index (χ3n) is 5.61. The molecular weight excluding hydrogens is 395 g/mol. The fourth-order valence-electron chi connectivity index (χ4n) is 3.98. The summed E-state index contributed by atoms with van der Waals surface area (Å²) in [6.45, 7) is 4.76. The molecule has 0 aliphatic carbocycles. The van der Waals surface area contributed by atoms with Crippen LogP contribution in [0, 0.1) is 5.82 Å². The van der Waals surface area contributed by atoms with Crippen molar-refractivity contribution in [3.05, 3.63) is 33.9 Å². The molecule has 4 rings (SSSR count). The number of pyridine rings is 1. The highest BCUT2D eigenvalue weighted by Gasteiger charge is 2.30. The zero-order chi connectivity index (χ0) is 21.6. The van der Waals surface area contributed by atoms with Crippen LogP contribution in [0.4, 0.5) is 10.1 Å². The van der Waals surface area contributed by atoms with Crippen molar-refractivity contribution in [2.24, 2.45) is 0 Å². The summed E-state index contributed by atoms with van der Waals surface area (Å²) in [6.07, 6.45) is 1.74. The maximum absolute atomic E-state index is 15.2. The molecule has 1 N–H and O–H groups in total. The van der Waals surface area contributed by atoms with Gasteiger partial charge in [-0.05, 0) is 13.0 Å². The van der Waals surface area contributed by atoms with Crippen LogP contribution in [0.5, 0.6) is 5.75 Å². The minimum atomic E-state index is -1.36. The van der Waals surface area contributed by atoms with Gasteiger partial charge in [0.05, 0.1) is 5.39 Å². The van der Waals surface area contributed by atoms with Crippen LogP contribution in [0.25, 0.3) is 10.9 Å². The number of carbonyl (C=O) groups excluding carboxylic acids is 1. The van der Waals surface area contributed by atoms with Crippen molar-refractivity contribution in [1.82, 2.24) is 9.58 Å². The maximum Gasteiger partial charge on any atom is 0.341 e. The Kier molecular flexibility index (Phi) is 5.10. The molecule has 10 heteroatoms. The van der Waals surface area contributed by atoms with Crippen molar-refractivity contribution in [1.29, 1.82) is 0 Å². The number of aromatic carboxylic acids is 1. The second kappa shape index (κ2) is 7.60. The van der Waals surface area contributed by atoms with Gasteiger partial charge in [0.1, 0.15) is 22.6 Å². The molecule has 160 valence electrons. The van der Waals surface area contributed by atoms with Crippen LogP contribution in [0.1, 0.15) is 23.7 Å². The third-order valence-corrected chi connectivity index (χ3v) is 5.61. The molecule has 30 heavy (non-hydrogen) atoms. The van der Waals surface area contributed by atoms with Gasteiger partial charge in [-0.15, -0.1) is 0 Å². The Hall–Kier alpha value is -3.14. The van der Waals surface area contributed by atoms with E-state index in [-0.39, 0.29) is 29.3 Å². The number of carbonyl (C=O) groups is 2. The van der Waals surface area contributed by atoms with Gasteiger partial charge in [0.25, 0.3) is 0 Å². The maximum atomic E-state index is 15.2. The van der Waals surface area contributed by atoms with Crippen molar-refractivity contribution in [2.75, 3.05) is 56.4 Å². The van der Waals surface area contributed by atoms with Gasteiger partial charge in [0, 0.05) is 52.4 Å². The summed E-state index contributed by atoms with van der Waals surface area (Å²) in [5, 5.41) is 10.9. The topological polar surface area (TPSA) is 95.3 Å². The largest absolute Gasteiger partial charge is 0.477 e. The first-order chi connectivity index (χ1) is 14.3. The molecule has 1 aromatic heterocycles. The highest BCUT2D eigenvalue weighted by molar-refractivity contribution is 5.97. The molecule has 0 bridgehead atoms. The Morgan fingerprint density at radius 2 is 1.93 bits per heavy atom. The van der Waals surface area contributed by atoms with E-state index in [0.717, 1.165) is 6.07 Å². The normalized spacial score (nSPS) is 16.6. The average Bonchev–Trinajstić information content (AvgIpc) is 2.70. The number of Topliss-reactive ketones (excluding diaryl/α,β-unsaturated/α-hetero) is 1. The average molecular weight is 418 g/mol. The lowest BCUT2D eigenvalue weighted by molar-refractivity contribution is -0.117. The number of halogens is 1. The number of anilines is 1. The highest BCUT2D eigenvalue weighted by atomic mass is 19.1. The summed E-state index contributed by atoms with van der Waals surface area (Å²) in [6, 6.07) is 1.10. The molecule has 9 nitrogen and oxygen atoms in total.